The molecule has 0 unspecified atom stereocenters. The number of hydrogen-bond donors (Lipinski definition) is 2. The standard InChI is InChI=1S/C21H21N3O5S2/c1-21(2,3)24-31(26,27)15-6-4-5-14(9-15)19(25)23-20-22-16(11-30-20)13-7-8-17-18(10-13)29-12-28-17/h4-11,24H,12H2,1-3H3,(H,22,23,25). The molecule has 1 aromatic heterocycles. The van der Waals surface area contributed by atoms with Gasteiger partial charge in [-0.25, -0.2) is 18.1 Å². The van der Waals surface area contributed by atoms with Gasteiger partial charge in [0.1, 0.15) is 0 Å². The summed E-state index contributed by atoms with van der Waals surface area (Å²) in [4.78, 5) is 17.2. The van der Waals surface area contributed by atoms with Crippen LogP contribution in [0, 0.1) is 0 Å². The van der Waals surface area contributed by atoms with E-state index in [1.165, 1.54) is 29.5 Å². The van der Waals surface area contributed by atoms with Gasteiger partial charge in [-0.2, -0.15) is 0 Å². The number of nitrogens with one attached hydrogen (secondary N) is 2. The molecule has 3 aromatic rings. The highest BCUT2D eigenvalue weighted by atomic mass is 32.2. The number of hydrogen-bond acceptors (Lipinski definition) is 7. The molecule has 0 saturated heterocycles. The molecule has 0 saturated carbocycles. The normalized spacial score (nSPS) is 13.3. The first-order chi connectivity index (χ1) is 14.6. The van der Waals surface area contributed by atoms with Gasteiger partial charge in [0.05, 0.1) is 10.6 Å². The Balaban J connectivity index is 1.51. The van der Waals surface area contributed by atoms with Crippen LogP contribution in [-0.2, 0) is 10.0 Å². The molecule has 162 valence electrons. The van der Waals surface area contributed by atoms with Gasteiger partial charge >= 0.3 is 0 Å². The lowest BCUT2D eigenvalue weighted by Gasteiger charge is -2.20. The molecule has 2 N–H and O–H groups in total. The van der Waals surface area contributed by atoms with E-state index in [-0.39, 0.29) is 17.3 Å². The van der Waals surface area contributed by atoms with Crippen molar-refractivity contribution in [3.8, 4) is 22.8 Å². The van der Waals surface area contributed by atoms with Crippen molar-refractivity contribution in [2.45, 2.75) is 31.2 Å². The minimum Gasteiger partial charge on any atom is -0.454 e. The summed E-state index contributed by atoms with van der Waals surface area (Å²) < 4.78 is 38.4. The van der Waals surface area contributed by atoms with Crippen molar-refractivity contribution in [2.75, 3.05) is 12.1 Å². The van der Waals surface area contributed by atoms with Gasteiger partial charge in [0.2, 0.25) is 16.8 Å². The van der Waals surface area contributed by atoms with Crippen molar-refractivity contribution < 1.29 is 22.7 Å². The summed E-state index contributed by atoms with van der Waals surface area (Å²) in [7, 11) is -3.75. The van der Waals surface area contributed by atoms with Crippen molar-refractivity contribution >= 4 is 32.4 Å². The van der Waals surface area contributed by atoms with E-state index in [1.807, 2.05) is 23.6 Å². The number of amides is 1. The Morgan fingerprint density at radius 2 is 1.87 bits per heavy atom. The van der Waals surface area contributed by atoms with Gasteiger partial charge in [-0.05, 0) is 57.2 Å². The number of carbonyl (C=O) groups is 1. The highest BCUT2D eigenvalue weighted by Gasteiger charge is 2.23. The highest BCUT2D eigenvalue weighted by molar-refractivity contribution is 7.89. The molecule has 1 amide bonds. The fourth-order valence-electron chi connectivity index (χ4n) is 2.96. The highest BCUT2D eigenvalue weighted by Crippen LogP contribution is 2.36. The van der Waals surface area contributed by atoms with E-state index in [4.69, 9.17) is 9.47 Å². The van der Waals surface area contributed by atoms with Crippen LogP contribution in [0.15, 0.2) is 52.7 Å². The van der Waals surface area contributed by atoms with E-state index >= 15 is 0 Å². The van der Waals surface area contributed by atoms with Gasteiger partial charge in [-0.3, -0.25) is 10.1 Å². The number of thiazole rings is 1. The lowest BCUT2D eigenvalue weighted by molar-refractivity contribution is 0.102. The Morgan fingerprint density at radius 1 is 1.10 bits per heavy atom. The molecule has 0 atom stereocenters. The Morgan fingerprint density at radius 3 is 2.65 bits per heavy atom. The summed E-state index contributed by atoms with van der Waals surface area (Å²) in [5, 5.41) is 4.95. The minimum atomic E-state index is -3.75. The number of rotatable bonds is 5. The second kappa shape index (κ2) is 7.95. The molecule has 0 bridgehead atoms. The molecule has 0 spiro atoms. The molecule has 10 heteroatoms. The fraction of sp³-hybridized carbons (Fsp3) is 0.238. The fourth-order valence-corrected chi connectivity index (χ4v) is 5.13. The molecule has 0 radical (unpaired) electrons. The average molecular weight is 460 g/mol. The minimum absolute atomic E-state index is 0.0234. The number of aromatic nitrogens is 1. The first-order valence-electron chi connectivity index (χ1n) is 9.42. The zero-order chi connectivity index (χ0) is 22.2. The molecule has 0 fully saturated rings. The summed E-state index contributed by atoms with van der Waals surface area (Å²) in [6, 6.07) is 11.4. The first kappa shape index (κ1) is 21.3. The van der Waals surface area contributed by atoms with E-state index < -0.39 is 21.5 Å². The number of sulfonamides is 1. The monoisotopic (exact) mass is 459 g/mol. The van der Waals surface area contributed by atoms with Crippen molar-refractivity contribution in [2.24, 2.45) is 0 Å². The topological polar surface area (TPSA) is 107 Å². The molecule has 8 nitrogen and oxygen atoms in total. The van der Waals surface area contributed by atoms with Crippen molar-refractivity contribution in [1.82, 2.24) is 9.71 Å². The van der Waals surface area contributed by atoms with Crippen molar-refractivity contribution in [3.63, 3.8) is 0 Å². The van der Waals surface area contributed by atoms with Crippen LogP contribution in [0.2, 0.25) is 0 Å². The third-order valence-electron chi connectivity index (χ3n) is 4.24. The lowest BCUT2D eigenvalue weighted by atomic mass is 10.1. The number of carbonyl (C=O) groups excluding carboxylic acids is 1. The molecule has 31 heavy (non-hydrogen) atoms. The van der Waals surface area contributed by atoms with Crippen LogP contribution in [0.5, 0.6) is 11.5 Å². The van der Waals surface area contributed by atoms with Crippen LogP contribution in [-0.4, -0.2) is 31.6 Å². The molecule has 2 heterocycles. The molecular formula is C21H21N3O5S2. The average Bonchev–Trinajstić information content (AvgIpc) is 3.35. The number of ether oxygens (including phenoxy) is 2. The Labute approximate surface area is 184 Å². The molecule has 0 aliphatic carbocycles. The van der Waals surface area contributed by atoms with Crippen LogP contribution in [0.4, 0.5) is 5.13 Å². The zero-order valence-corrected chi connectivity index (χ0v) is 18.8. The summed E-state index contributed by atoms with van der Waals surface area (Å²) >= 11 is 1.27. The van der Waals surface area contributed by atoms with Gasteiger partial charge in [0.25, 0.3) is 5.91 Å². The van der Waals surface area contributed by atoms with Crippen LogP contribution in [0.1, 0.15) is 31.1 Å². The summed E-state index contributed by atoms with van der Waals surface area (Å²) in [5.74, 6) is 0.890. The first-order valence-corrected chi connectivity index (χ1v) is 11.8. The molecule has 1 aliphatic heterocycles. The van der Waals surface area contributed by atoms with Gasteiger partial charge in [-0.1, -0.05) is 6.07 Å². The molecule has 2 aromatic carbocycles. The van der Waals surface area contributed by atoms with Gasteiger partial charge < -0.3 is 9.47 Å². The smallest absolute Gasteiger partial charge is 0.257 e. The van der Waals surface area contributed by atoms with E-state index in [0.717, 1.165) is 5.56 Å². The zero-order valence-electron chi connectivity index (χ0n) is 17.1. The number of benzene rings is 2. The van der Waals surface area contributed by atoms with Gasteiger partial charge in [-0.15, -0.1) is 11.3 Å². The van der Waals surface area contributed by atoms with Crippen LogP contribution >= 0.6 is 11.3 Å². The quantitative estimate of drug-likeness (QED) is 0.600. The van der Waals surface area contributed by atoms with Crippen molar-refractivity contribution in [3.05, 3.63) is 53.4 Å². The van der Waals surface area contributed by atoms with Crippen LogP contribution in [0.3, 0.4) is 0 Å². The maximum Gasteiger partial charge on any atom is 0.257 e. The van der Waals surface area contributed by atoms with Crippen LogP contribution < -0.4 is 19.5 Å². The SMILES string of the molecule is CC(C)(C)NS(=O)(=O)c1cccc(C(=O)Nc2nc(-c3ccc4c(c3)OCO4)cs2)c1. The van der Waals surface area contributed by atoms with Crippen LogP contribution in [0.25, 0.3) is 11.3 Å². The maximum absolute atomic E-state index is 12.7. The van der Waals surface area contributed by atoms with E-state index in [9.17, 15) is 13.2 Å². The second-order valence-electron chi connectivity index (χ2n) is 7.94. The second-order valence-corrected chi connectivity index (χ2v) is 10.5. The van der Waals surface area contributed by atoms with E-state index in [1.54, 1.807) is 26.8 Å². The Hall–Kier alpha value is -2.95. The van der Waals surface area contributed by atoms with Gasteiger partial charge in [0, 0.05) is 22.0 Å². The number of anilines is 1. The third-order valence-corrected chi connectivity index (χ3v) is 6.75. The summed E-state index contributed by atoms with van der Waals surface area (Å²) in [6.07, 6.45) is 0. The third kappa shape index (κ3) is 4.87. The van der Waals surface area contributed by atoms with Crippen molar-refractivity contribution in [1.29, 1.82) is 0 Å². The van der Waals surface area contributed by atoms with Gasteiger partial charge in [0.15, 0.2) is 16.6 Å². The predicted molar refractivity (Wildman–Crippen MR) is 118 cm³/mol. The van der Waals surface area contributed by atoms with E-state index in [2.05, 4.69) is 15.0 Å². The molecule has 1 aliphatic rings. The Bertz CT molecular complexity index is 1250. The Kier molecular flexibility index (Phi) is 5.46. The van der Waals surface area contributed by atoms with E-state index in [0.29, 0.717) is 22.3 Å². The summed E-state index contributed by atoms with van der Waals surface area (Å²) in [6.45, 7) is 5.45. The largest absolute Gasteiger partial charge is 0.454 e. The molecule has 4 rings (SSSR count). The summed E-state index contributed by atoms with van der Waals surface area (Å²) in [5.41, 5.74) is 1.10. The number of nitrogens with zero attached hydrogens (tertiary/aromatic N) is 1. The lowest BCUT2D eigenvalue weighted by Crippen LogP contribution is -2.40. The maximum atomic E-state index is 12.7. The number of fused-ring (bicyclic) bond motifs is 1. The molecular weight excluding hydrogens is 438 g/mol. The predicted octanol–water partition coefficient (Wildman–Crippen LogP) is 3.87.